The monoisotopic (exact) mass is 264 g/mol. The molecule has 0 saturated heterocycles. The van der Waals surface area contributed by atoms with Gasteiger partial charge in [0.1, 0.15) is 0 Å². The Hall–Kier alpha value is -1.06. The Labute approximate surface area is 112 Å². The smallest absolute Gasteiger partial charge is 0.251 e. The van der Waals surface area contributed by atoms with Crippen LogP contribution in [0, 0.1) is 0 Å². The van der Waals surface area contributed by atoms with Gasteiger partial charge < -0.3 is 10.6 Å². The molecule has 18 heavy (non-hydrogen) atoms. The van der Waals surface area contributed by atoms with Gasteiger partial charge in [-0.1, -0.05) is 11.6 Å². The van der Waals surface area contributed by atoms with E-state index < -0.39 is 0 Å². The predicted octanol–water partition coefficient (Wildman–Crippen LogP) is 2.62. The normalized spacial score (nSPS) is 20.2. The fraction of sp³-hybridized carbons (Fsp3) is 0.500. The van der Waals surface area contributed by atoms with E-state index in [-0.39, 0.29) is 11.4 Å². The Morgan fingerprint density at radius 2 is 2.22 bits per heavy atom. The second kappa shape index (κ2) is 4.25. The lowest BCUT2D eigenvalue weighted by Crippen LogP contribution is -2.47. The Morgan fingerprint density at radius 1 is 1.44 bits per heavy atom. The highest BCUT2D eigenvalue weighted by molar-refractivity contribution is 6.32. The molecule has 0 unspecified atom stereocenters. The highest BCUT2D eigenvalue weighted by atomic mass is 35.5. The van der Waals surface area contributed by atoms with Crippen LogP contribution >= 0.6 is 11.6 Å². The quantitative estimate of drug-likeness (QED) is 0.881. The van der Waals surface area contributed by atoms with Gasteiger partial charge in [-0.05, 0) is 43.9 Å². The summed E-state index contributed by atoms with van der Waals surface area (Å²) in [5.74, 6) is -0.0106. The Morgan fingerprint density at radius 3 is 2.89 bits per heavy atom. The number of hydrogen-bond acceptors (Lipinski definition) is 2. The van der Waals surface area contributed by atoms with Crippen molar-refractivity contribution in [2.24, 2.45) is 0 Å². The van der Waals surface area contributed by atoms with Crippen LogP contribution in [0.4, 0.5) is 0 Å². The molecule has 1 aromatic carbocycles. The van der Waals surface area contributed by atoms with Crippen molar-refractivity contribution < 1.29 is 4.79 Å². The van der Waals surface area contributed by atoms with Gasteiger partial charge in [0.15, 0.2) is 0 Å². The minimum Gasteiger partial charge on any atom is -0.348 e. The molecule has 2 aliphatic rings. The zero-order chi connectivity index (χ0) is 12.8. The van der Waals surface area contributed by atoms with Gasteiger partial charge in [0.05, 0.1) is 0 Å². The Bertz CT molecular complexity index is 509. The van der Waals surface area contributed by atoms with E-state index >= 15 is 0 Å². The van der Waals surface area contributed by atoms with Crippen LogP contribution in [0.2, 0.25) is 5.02 Å². The molecule has 1 aliphatic heterocycles. The number of carbonyl (C=O) groups is 1. The number of benzene rings is 1. The van der Waals surface area contributed by atoms with Gasteiger partial charge >= 0.3 is 0 Å². The van der Waals surface area contributed by atoms with E-state index in [2.05, 4.69) is 17.6 Å². The van der Waals surface area contributed by atoms with E-state index in [4.69, 9.17) is 11.6 Å². The third kappa shape index (κ3) is 2.02. The molecule has 3 rings (SSSR count). The molecule has 0 radical (unpaired) electrons. The molecular formula is C14H17ClN2O. The van der Waals surface area contributed by atoms with Gasteiger partial charge in [-0.3, -0.25) is 4.79 Å². The van der Waals surface area contributed by atoms with Crippen molar-refractivity contribution in [3.63, 3.8) is 0 Å². The van der Waals surface area contributed by atoms with Gasteiger partial charge in [-0.25, -0.2) is 0 Å². The molecule has 2 N–H and O–H groups in total. The van der Waals surface area contributed by atoms with E-state index in [0.717, 1.165) is 23.2 Å². The van der Waals surface area contributed by atoms with Crippen LogP contribution in [0.15, 0.2) is 12.1 Å². The second-order valence-electron chi connectivity index (χ2n) is 5.55. The number of amides is 1. The van der Waals surface area contributed by atoms with E-state index in [1.807, 2.05) is 12.1 Å². The van der Waals surface area contributed by atoms with Crippen LogP contribution in [-0.4, -0.2) is 11.4 Å². The molecule has 0 bridgehead atoms. The fourth-order valence-electron chi connectivity index (χ4n) is 2.64. The molecule has 4 heteroatoms. The van der Waals surface area contributed by atoms with Crippen molar-refractivity contribution in [1.29, 1.82) is 0 Å². The average Bonchev–Trinajstić information content (AvgIpc) is 2.67. The first-order chi connectivity index (χ1) is 8.57. The molecule has 3 nitrogen and oxygen atoms in total. The van der Waals surface area contributed by atoms with Crippen LogP contribution in [0.3, 0.4) is 0 Å². The molecule has 0 atom stereocenters. The van der Waals surface area contributed by atoms with Crippen LogP contribution in [0.1, 0.15) is 47.7 Å². The molecule has 1 aromatic rings. The van der Waals surface area contributed by atoms with Crippen molar-refractivity contribution in [3.8, 4) is 0 Å². The molecule has 1 fully saturated rings. The van der Waals surface area contributed by atoms with Crippen LogP contribution in [0.5, 0.6) is 0 Å². The van der Waals surface area contributed by atoms with Gasteiger partial charge in [0.25, 0.3) is 5.91 Å². The summed E-state index contributed by atoms with van der Waals surface area (Å²) in [6, 6.07) is 3.92. The van der Waals surface area contributed by atoms with Gasteiger partial charge in [-0.2, -0.15) is 0 Å². The van der Waals surface area contributed by atoms with E-state index in [0.29, 0.717) is 11.6 Å². The molecule has 1 amide bonds. The maximum Gasteiger partial charge on any atom is 0.251 e. The lowest BCUT2D eigenvalue weighted by atomic mass is 9.78. The minimum absolute atomic E-state index is 0.0106. The maximum atomic E-state index is 11.6. The minimum atomic E-state index is -0.0106. The SMILES string of the molecule is CC1(NCc2cc(Cl)c3c(c2)C(=O)NC3)CCC1. The summed E-state index contributed by atoms with van der Waals surface area (Å²) in [5.41, 5.74) is 3.02. The van der Waals surface area contributed by atoms with E-state index in [1.54, 1.807) is 0 Å². The number of hydrogen-bond donors (Lipinski definition) is 2. The second-order valence-corrected chi connectivity index (χ2v) is 5.96. The number of rotatable bonds is 3. The van der Waals surface area contributed by atoms with E-state index in [1.165, 1.54) is 19.3 Å². The number of halogens is 1. The van der Waals surface area contributed by atoms with Crippen LogP contribution < -0.4 is 10.6 Å². The van der Waals surface area contributed by atoms with Crippen molar-refractivity contribution in [1.82, 2.24) is 10.6 Å². The Balaban J connectivity index is 1.79. The summed E-state index contributed by atoms with van der Waals surface area (Å²) in [5, 5.41) is 7.05. The topological polar surface area (TPSA) is 41.1 Å². The lowest BCUT2D eigenvalue weighted by Gasteiger charge is -2.39. The number of fused-ring (bicyclic) bond motifs is 1. The third-order valence-electron chi connectivity index (χ3n) is 4.10. The van der Waals surface area contributed by atoms with Crippen molar-refractivity contribution >= 4 is 17.5 Å². The van der Waals surface area contributed by atoms with Gasteiger partial charge in [0, 0.05) is 34.8 Å². The highest BCUT2D eigenvalue weighted by Gasteiger charge is 2.31. The van der Waals surface area contributed by atoms with Crippen molar-refractivity contribution in [2.45, 2.75) is 44.8 Å². The number of nitrogens with one attached hydrogen (secondary N) is 2. The third-order valence-corrected chi connectivity index (χ3v) is 4.44. The molecule has 1 saturated carbocycles. The first-order valence-electron chi connectivity index (χ1n) is 6.42. The standard InChI is InChI=1S/C14H17ClN2O/c1-14(3-2-4-14)17-7-9-5-10-11(12(15)6-9)8-16-13(10)18/h5-6,17H,2-4,7-8H2,1H3,(H,16,18). The molecule has 96 valence electrons. The largest absolute Gasteiger partial charge is 0.348 e. The zero-order valence-corrected chi connectivity index (χ0v) is 11.2. The fourth-order valence-corrected chi connectivity index (χ4v) is 2.95. The average molecular weight is 265 g/mol. The van der Waals surface area contributed by atoms with Gasteiger partial charge in [0.2, 0.25) is 0 Å². The lowest BCUT2D eigenvalue weighted by molar-refractivity contribution is 0.0965. The van der Waals surface area contributed by atoms with Crippen LogP contribution in [0.25, 0.3) is 0 Å². The molecule has 0 spiro atoms. The summed E-state index contributed by atoms with van der Waals surface area (Å²) in [6.07, 6.45) is 3.76. The van der Waals surface area contributed by atoms with Crippen molar-refractivity contribution in [3.05, 3.63) is 33.8 Å². The molecular weight excluding hydrogens is 248 g/mol. The van der Waals surface area contributed by atoms with Gasteiger partial charge in [-0.15, -0.1) is 0 Å². The van der Waals surface area contributed by atoms with Crippen LogP contribution in [-0.2, 0) is 13.1 Å². The first-order valence-corrected chi connectivity index (χ1v) is 6.80. The zero-order valence-electron chi connectivity index (χ0n) is 10.5. The first kappa shape index (κ1) is 12.0. The summed E-state index contributed by atoms with van der Waals surface area (Å²) in [4.78, 5) is 11.6. The summed E-state index contributed by atoms with van der Waals surface area (Å²) >= 11 is 6.22. The Kier molecular flexibility index (Phi) is 2.83. The molecule has 0 aromatic heterocycles. The maximum absolute atomic E-state index is 11.6. The predicted molar refractivity (Wildman–Crippen MR) is 71.7 cm³/mol. The molecule has 1 aliphatic carbocycles. The summed E-state index contributed by atoms with van der Waals surface area (Å²) in [6.45, 7) is 3.58. The number of carbonyl (C=O) groups excluding carboxylic acids is 1. The van der Waals surface area contributed by atoms with E-state index in [9.17, 15) is 4.79 Å². The highest BCUT2D eigenvalue weighted by Crippen LogP contribution is 2.32. The summed E-state index contributed by atoms with van der Waals surface area (Å²) < 4.78 is 0. The summed E-state index contributed by atoms with van der Waals surface area (Å²) in [7, 11) is 0. The van der Waals surface area contributed by atoms with Crippen molar-refractivity contribution in [2.75, 3.05) is 0 Å². The molecule has 1 heterocycles.